The molecular formula is C29H33N5O3. The Bertz CT molecular complexity index is 1470. The molecule has 2 aromatic heterocycles. The summed E-state index contributed by atoms with van der Waals surface area (Å²) < 4.78 is 12.7. The largest absolute Gasteiger partial charge is 0.493 e. The van der Waals surface area contributed by atoms with Crippen LogP contribution in [0.15, 0.2) is 54.1 Å². The second-order valence-electron chi connectivity index (χ2n) is 9.35. The van der Waals surface area contributed by atoms with E-state index in [9.17, 15) is 4.79 Å². The molecule has 8 nitrogen and oxygen atoms in total. The molecule has 0 saturated heterocycles. The lowest BCUT2D eigenvalue weighted by Gasteiger charge is -2.13. The first kappa shape index (κ1) is 24.6. The van der Waals surface area contributed by atoms with Crippen molar-refractivity contribution in [1.82, 2.24) is 19.9 Å². The number of amides is 1. The molecule has 37 heavy (non-hydrogen) atoms. The summed E-state index contributed by atoms with van der Waals surface area (Å²) in [6.45, 7) is 1.11. The van der Waals surface area contributed by atoms with E-state index in [2.05, 4.69) is 11.4 Å². The maximum Gasteiger partial charge on any atom is 0.257 e. The van der Waals surface area contributed by atoms with Crippen LogP contribution in [0, 0.1) is 0 Å². The smallest absolute Gasteiger partial charge is 0.257 e. The van der Waals surface area contributed by atoms with Gasteiger partial charge in [-0.05, 0) is 68.4 Å². The molecule has 2 aromatic carbocycles. The average molecular weight is 500 g/mol. The number of nitrogens with zero attached hydrogens (tertiary/aromatic N) is 3. The predicted molar refractivity (Wildman–Crippen MR) is 146 cm³/mol. The van der Waals surface area contributed by atoms with Crippen LogP contribution in [0.5, 0.6) is 11.5 Å². The summed E-state index contributed by atoms with van der Waals surface area (Å²) in [6, 6.07) is 13.5. The third-order valence-corrected chi connectivity index (χ3v) is 7.01. The number of anilines is 1. The van der Waals surface area contributed by atoms with Gasteiger partial charge in [-0.1, -0.05) is 29.8 Å². The summed E-state index contributed by atoms with van der Waals surface area (Å²) in [6.07, 6.45) is 8.56. The number of nitrogens with one attached hydrogen (secondary N) is 1. The van der Waals surface area contributed by atoms with Gasteiger partial charge >= 0.3 is 0 Å². The van der Waals surface area contributed by atoms with Crippen LogP contribution in [-0.2, 0) is 13.0 Å². The number of aryl methyl sites for hydroxylation is 2. The van der Waals surface area contributed by atoms with Gasteiger partial charge in [0.1, 0.15) is 16.9 Å². The summed E-state index contributed by atoms with van der Waals surface area (Å²) >= 11 is 0. The highest BCUT2D eigenvalue weighted by Gasteiger charge is 2.24. The van der Waals surface area contributed by atoms with Gasteiger partial charge in [0.25, 0.3) is 5.91 Å². The SMILES string of the molecule is COc1ccc(CCn2c(N)c(C(=O)NCCC3=CCCCC3)c3nc4ccccc4nc32)cc1OC. The number of para-hydroxylation sites is 2. The lowest BCUT2D eigenvalue weighted by atomic mass is 9.97. The minimum atomic E-state index is -0.214. The van der Waals surface area contributed by atoms with E-state index < -0.39 is 0 Å². The Morgan fingerprint density at radius 3 is 2.54 bits per heavy atom. The zero-order valence-corrected chi connectivity index (χ0v) is 21.4. The van der Waals surface area contributed by atoms with E-state index in [1.165, 1.54) is 18.4 Å². The zero-order chi connectivity index (χ0) is 25.8. The number of nitrogens with two attached hydrogens (primary N) is 1. The predicted octanol–water partition coefficient (Wildman–Crippen LogP) is 5.05. The van der Waals surface area contributed by atoms with E-state index >= 15 is 0 Å². The molecule has 192 valence electrons. The second-order valence-corrected chi connectivity index (χ2v) is 9.35. The summed E-state index contributed by atoms with van der Waals surface area (Å²) in [5, 5.41) is 3.07. The quantitative estimate of drug-likeness (QED) is 0.313. The Morgan fingerprint density at radius 2 is 1.81 bits per heavy atom. The molecule has 1 aliphatic rings. The number of allylic oxidation sites excluding steroid dienone is 1. The third-order valence-electron chi connectivity index (χ3n) is 7.01. The molecule has 8 heteroatoms. The lowest BCUT2D eigenvalue weighted by Crippen LogP contribution is -2.26. The number of carbonyl (C=O) groups is 1. The Balaban J connectivity index is 1.45. The first-order valence-electron chi connectivity index (χ1n) is 12.8. The van der Waals surface area contributed by atoms with Crippen LogP contribution in [-0.4, -0.2) is 41.2 Å². The number of hydrogen-bond acceptors (Lipinski definition) is 6. The molecule has 0 bridgehead atoms. The van der Waals surface area contributed by atoms with Crippen molar-refractivity contribution in [3.63, 3.8) is 0 Å². The van der Waals surface area contributed by atoms with E-state index in [4.69, 9.17) is 25.2 Å². The van der Waals surface area contributed by atoms with Gasteiger partial charge in [0, 0.05) is 13.1 Å². The Hall–Kier alpha value is -4.07. The zero-order valence-electron chi connectivity index (χ0n) is 21.4. The molecule has 1 amide bonds. The number of hydrogen-bond donors (Lipinski definition) is 2. The molecule has 3 N–H and O–H groups in total. The van der Waals surface area contributed by atoms with E-state index in [0.717, 1.165) is 35.9 Å². The van der Waals surface area contributed by atoms with Crippen molar-refractivity contribution in [2.24, 2.45) is 0 Å². The van der Waals surface area contributed by atoms with Gasteiger partial charge in [-0.3, -0.25) is 4.79 Å². The Kier molecular flexibility index (Phi) is 7.25. The molecule has 0 atom stereocenters. The standard InChI is InChI=1S/C29H33N5O3/c1-36-23-13-12-20(18-24(23)37-2)15-17-34-27(30)25(29(35)31-16-14-19-8-4-3-5-9-19)26-28(34)33-22-11-7-6-10-21(22)32-26/h6-8,10-13,18H,3-5,9,14-17,30H2,1-2H3,(H,31,35). The highest BCUT2D eigenvalue weighted by Crippen LogP contribution is 2.30. The molecule has 0 radical (unpaired) electrons. The molecule has 5 rings (SSSR count). The van der Waals surface area contributed by atoms with Crippen LogP contribution in [0.3, 0.4) is 0 Å². The number of carbonyl (C=O) groups excluding carboxylic acids is 1. The third kappa shape index (κ3) is 5.09. The van der Waals surface area contributed by atoms with Crippen LogP contribution >= 0.6 is 0 Å². The minimum Gasteiger partial charge on any atom is -0.493 e. The molecule has 0 aliphatic heterocycles. The Morgan fingerprint density at radius 1 is 1.03 bits per heavy atom. The minimum absolute atomic E-state index is 0.214. The van der Waals surface area contributed by atoms with Crippen LogP contribution < -0.4 is 20.5 Å². The fourth-order valence-corrected chi connectivity index (χ4v) is 5.00. The van der Waals surface area contributed by atoms with Crippen molar-refractivity contribution < 1.29 is 14.3 Å². The van der Waals surface area contributed by atoms with Crippen LogP contribution in [0.2, 0.25) is 0 Å². The summed E-state index contributed by atoms with van der Waals surface area (Å²) in [7, 11) is 3.24. The second kappa shape index (κ2) is 10.9. The molecule has 0 unspecified atom stereocenters. The molecule has 4 aromatic rings. The van der Waals surface area contributed by atoms with Crippen LogP contribution in [0.4, 0.5) is 5.82 Å². The number of methoxy groups -OCH3 is 2. The number of benzene rings is 2. The van der Waals surface area contributed by atoms with E-state index in [0.29, 0.717) is 53.6 Å². The van der Waals surface area contributed by atoms with Crippen molar-refractivity contribution in [3.05, 3.63) is 65.2 Å². The van der Waals surface area contributed by atoms with E-state index in [1.54, 1.807) is 14.2 Å². The van der Waals surface area contributed by atoms with Crippen molar-refractivity contribution in [1.29, 1.82) is 0 Å². The number of fused-ring (bicyclic) bond motifs is 2. The van der Waals surface area contributed by atoms with Crippen molar-refractivity contribution in [2.75, 3.05) is 26.5 Å². The number of aromatic nitrogens is 3. The first-order valence-corrected chi connectivity index (χ1v) is 12.8. The highest BCUT2D eigenvalue weighted by molar-refractivity contribution is 6.10. The fraction of sp³-hybridized carbons (Fsp3) is 0.345. The van der Waals surface area contributed by atoms with Gasteiger partial charge in [0.2, 0.25) is 0 Å². The fourth-order valence-electron chi connectivity index (χ4n) is 5.00. The van der Waals surface area contributed by atoms with Crippen LogP contribution in [0.1, 0.15) is 48.0 Å². The van der Waals surface area contributed by atoms with Crippen molar-refractivity contribution >= 4 is 33.9 Å². The summed E-state index contributed by atoms with van der Waals surface area (Å²) in [5.74, 6) is 1.51. The van der Waals surface area contributed by atoms with Gasteiger partial charge in [0.05, 0.1) is 25.3 Å². The summed E-state index contributed by atoms with van der Waals surface area (Å²) in [4.78, 5) is 23.0. The first-order chi connectivity index (χ1) is 18.1. The van der Waals surface area contributed by atoms with Crippen molar-refractivity contribution in [2.45, 2.75) is 45.1 Å². The van der Waals surface area contributed by atoms with E-state index in [-0.39, 0.29) is 5.91 Å². The Labute approximate surface area is 216 Å². The normalized spacial score (nSPS) is 13.5. The lowest BCUT2D eigenvalue weighted by molar-refractivity contribution is 0.0956. The van der Waals surface area contributed by atoms with E-state index in [1.807, 2.05) is 47.0 Å². The summed E-state index contributed by atoms with van der Waals surface area (Å²) in [5.41, 5.74) is 12.1. The number of rotatable bonds is 9. The molecule has 0 fully saturated rings. The maximum atomic E-state index is 13.4. The number of ether oxygens (including phenoxy) is 2. The monoisotopic (exact) mass is 499 g/mol. The maximum absolute atomic E-state index is 13.4. The van der Waals surface area contributed by atoms with Gasteiger partial charge in [-0.2, -0.15) is 0 Å². The molecule has 1 aliphatic carbocycles. The molecule has 0 spiro atoms. The van der Waals surface area contributed by atoms with Crippen LogP contribution in [0.25, 0.3) is 22.2 Å². The van der Waals surface area contributed by atoms with Gasteiger partial charge < -0.3 is 25.1 Å². The van der Waals surface area contributed by atoms with Gasteiger partial charge in [0.15, 0.2) is 17.1 Å². The average Bonchev–Trinajstić information content (AvgIpc) is 3.20. The highest BCUT2D eigenvalue weighted by atomic mass is 16.5. The number of nitrogen functional groups attached to an aromatic ring is 1. The topological polar surface area (TPSA) is 104 Å². The molecule has 2 heterocycles. The van der Waals surface area contributed by atoms with Crippen molar-refractivity contribution in [3.8, 4) is 11.5 Å². The molecular weight excluding hydrogens is 466 g/mol. The van der Waals surface area contributed by atoms with Gasteiger partial charge in [-0.25, -0.2) is 9.97 Å². The molecule has 0 saturated carbocycles. The van der Waals surface area contributed by atoms with Gasteiger partial charge in [-0.15, -0.1) is 0 Å².